The average Bonchev–Trinajstić information content (AvgIpc) is 3.30. The number of fused-ring (bicyclic) bond motifs is 1. The van der Waals surface area contributed by atoms with Crippen molar-refractivity contribution in [1.29, 1.82) is 0 Å². The monoisotopic (exact) mass is 448 g/mol. The molecule has 0 atom stereocenters. The van der Waals surface area contributed by atoms with Crippen LogP contribution >= 0.6 is 45.9 Å². The number of hydrogen-bond acceptors (Lipinski definition) is 5. The van der Waals surface area contributed by atoms with Crippen LogP contribution in [0.5, 0.6) is 0 Å². The molecule has 2 aromatic heterocycles. The maximum absolute atomic E-state index is 12.5. The van der Waals surface area contributed by atoms with Crippen molar-refractivity contribution in [2.24, 2.45) is 0 Å². The second-order valence-corrected chi connectivity index (χ2v) is 8.55. The molecule has 2 N–H and O–H groups in total. The number of thiazole rings is 1. The lowest BCUT2D eigenvalue weighted by Gasteiger charge is -2.02. The Morgan fingerprint density at radius 1 is 1.04 bits per heavy atom. The van der Waals surface area contributed by atoms with Gasteiger partial charge in [-0.2, -0.15) is 0 Å². The van der Waals surface area contributed by atoms with E-state index in [0.29, 0.717) is 31.8 Å². The molecular formula is C19H10Cl2N2O3S2. The van der Waals surface area contributed by atoms with Crippen molar-refractivity contribution in [2.45, 2.75) is 0 Å². The fourth-order valence-electron chi connectivity index (χ4n) is 2.58. The Hall–Kier alpha value is -2.45. The number of hydrogen-bond donors (Lipinski definition) is 2. The van der Waals surface area contributed by atoms with Gasteiger partial charge in [0.1, 0.15) is 4.88 Å². The summed E-state index contributed by atoms with van der Waals surface area (Å²) < 4.78 is 0.810. The van der Waals surface area contributed by atoms with Crippen LogP contribution in [0.15, 0.2) is 47.8 Å². The van der Waals surface area contributed by atoms with Gasteiger partial charge < -0.3 is 5.11 Å². The number of aromatic carboxylic acids is 1. The molecule has 0 fully saturated rings. The average molecular weight is 449 g/mol. The minimum atomic E-state index is -0.982. The number of aromatic nitrogens is 1. The van der Waals surface area contributed by atoms with Crippen LogP contribution in [0, 0.1) is 0 Å². The Labute approximate surface area is 177 Å². The highest BCUT2D eigenvalue weighted by Gasteiger charge is 2.14. The summed E-state index contributed by atoms with van der Waals surface area (Å²) in [5, 5.41) is 15.7. The lowest BCUT2D eigenvalue weighted by molar-refractivity contribution is 0.0702. The van der Waals surface area contributed by atoms with Crippen LogP contribution in [0.3, 0.4) is 0 Å². The lowest BCUT2D eigenvalue weighted by atomic mass is 10.1. The van der Waals surface area contributed by atoms with Crippen LogP contribution in [0.2, 0.25) is 10.0 Å². The van der Waals surface area contributed by atoms with Crippen molar-refractivity contribution < 1.29 is 14.7 Å². The molecule has 0 aliphatic carbocycles. The molecule has 0 spiro atoms. The Morgan fingerprint density at radius 2 is 1.86 bits per heavy atom. The highest BCUT2D eigenvalue weighted by atomic mass is 35.5. The second-order valence-electron chi connectivity index (χ2n) is 5.79. The van der Waals surface area contributed by atoms with Crippen LogP contribution in [0.1, 0.15) is 20.0 Å². The van der Waals surface area contributed by atoms with E-state index in [-0.39, 0.29) is 10.8 Å². The third kappa shape index (κ3) is 3.74. The van der Waals surface area contributed by atoms with Gasteiger partial charge in [0.05, 0.1) is 15.7 Å². The molecule has 140 valence electrons. The van der Waals surface area contributed by atoms with Gasteiger partial charge in [-0.05, 0) is 41.8 Å². The Balaban J connectivity index is 1.55. The topological polar surface area (TPSA) is 79.3 Å². The largest absolute Gasteiger partial charge is 0.477 e. The number of amides is 1. The molecule has 0 radical (unpaired) electrons. The maximum Gasteiger partial charge on any atom is 0.345 e. The van der Waals surface area contributed by atoms with Gasteiger partial charge in [-0.1, -0.05) is 29.3 Å². The Morgan fingerprint density at radius 3 is 2.61 bits per heavy atom. The summed E-state index contributed by atoms with van der Waals surface area (Å²) in [6, 6.07) is 11.8. The van der Waals surface area contributed by atoms with Gasteiger partial charge in [0.25, 0.3) is 5.91 Å². The van der Waals surface area contributed by atoms with E-state index in [0.717, 1.165) is 10.3 Å². The Bertz CT molecular complexity index is 1230. The predicted molar refractivity (Wildman–Crippen MR) is 114 cm³/mol. The van der Waals surface area contributed by atoms with Crippen molar-refractivity contribution in [3.8, 4) is 11.3 Å². The van der Waals surface area contributed by atoms with Gasteiger partial charge in [0, 0.05) is 21.2 Å². The molecule has 4 rings (SSSR count). The van der Waals surface area contributed by atoms with Gasteiger partial charge in [-0.15, -0.1) is 22.7 Å². The molecule has 28 heavy (non-hydrogen) atoms. The van der Waals surface area contributed by atoms with E-state index in [1.165, 1.54) is 22.7 Å². The molecule has 9 heteroatoms. The van der Waals surface area contributed by atoms with Crippen LogP contribution in [0.4, 0.5) is 5.13 Å². The van der Waals surface area contributed by atoms with E-state index in [4.69, 9.17) is 28.3 Å². The first-order valence-corrected chi connectivity index (χ1v) is 10.3. The predicted octanol–water partition coefficient (Wildman–Crippen LogP) is 6.28. The molecule has 2 aromatic carbocycles. The van der Waals surface area contributed by atoms with E-state index in [2.05, 4.69) is 10.3 Å². The van der Waals surface area contributed by atoms with Crippen molar-refractivity contribution in [1.82, 2.24) is 4.98 Å². The number of nitrogens with zero attached hydrogens (tertiary/aromatic N) is 1. The first kappa shape index (κ1) is 18.9. The first-order valence-electron chi connectivity index (χ1n) is 7.90. The smallest absolute Gasteiger partial charge is 0.345 e. The molecule has 2 heterocycles. The molecule has 4 aromatic rings. The summed E-state index contributed by atoms with van der Waals surface area (Å²) in [7, 11) is 0. The van der Waals surface area contributed by atoms with Crippen LogP contribution in [-0.2, 0) is 0 Å². The van der Waals surface area contributed by atoms with Gasteiger partial charge in [0.2, 0.25) is 0 Å². The highest BCUT2D eigenvalue weighted by molar-refractivity contribution is 7.20. The fourth-order valence-corrected chi connectivity index (χ4v) is 4.47. The third-order valence-electron chi connectivity index (χ3n) is 3.93. The molecule has 0 aliphatic heterocycles. The van der Waals surface area contributed by atoms with Crippen molar-refractivity contribution in [3.05, 3.63) is 68.3 Å². The molecular weight excluding hydrogens is 439 g/mol. The minimum Gasteiger partial charge on any atom is -0.477 e. The SMILES string of the molecule is O=C(Nc1nc(-c2ccc(Cl)c(Cl)c2)cs1)c1ccc2sc(C(=O)O)cc2c1. The molecule has 0 bridgehead atoms. The summed E-state index contributed by atoms with van der Waals surface area (Å²) in [4.78, 5) is 28.3. The number of benzene rings is 2. The Kier molecular flexibility index (Phi) is 5.07. The van der Waals surface area contributed by atoms with Crippen molar-refractivity contribution >= 4 is 73.0 Å². The van der Waals surface area contributed by atoms with Gasteiger partial charge >= 0.3 is 5.97 Å². The van der Waals surface area contributed by atoms with Gasteiger partial charge in [-0.25, -0.2) is 9.78 Å². The van der Waals surface area contributed by atoms with E-state index in [9.17, 15) is 9.59 Å². The zero-order valence-corrected chi connectivity index (χ0v) is 17.0. The number of rotatable bonds is 4. The summed E-state index contributed by atoms with van der Waals surface area (Å²) in [6.45, 7) is 0. The normalized spacial score (nSPS) is 10.9. The van der Waals surface area contributed by atoms with E-state index >= 15 is 0 Å². The standard InChI is InChI=1S/C19H10Cl2N2O3S2/c20-12-3-1-9(6-13(12)21)14-8-27-19(22-14)23-17(24)10-2-4-15-11(5-10)7-16(28-15)18(25)26/h1-8H,(H,25,26)(H,22,23,24). The summed E-state index contributed by atoms with van der Waals surface area (Å²) in [6.07, 6.45) is 0. The molecule has 0 saturated carbocycles. The summed E-state index contributed by atoms with van der Waals surface area (Å²) in [5.41, 5.74) is 1.90. The number of carboxylic acid groups (broad SMARTS) is 1. The van der Waals surface area contributed by atoms with E-state index in [1.54, 1.807) is 42.5 Å². The van der Waals surface area contributed by atoms with Crippen molar-refractivity contribution in [2.75, 3.05) is 5.32 Å². The highest BCUT2D eigenvalue weighted by Crippen LogP contribution is 2.31. The lowest BCUT2D eigenvalue weighted by Crippen LogP contribution is -2.11. The zero-order valence-electron chi connectivity index (χ0n) is 13.9. The zero-order chi connectivity index (χ0) is 19.8. The second kappa shape index (κ2) is 7.52. The van der Waals surface area contributed by atoms with E-state index in [1.807, 2.05) is 5.38 Å². The number of anilines is 1. The van der Waals surface area contributed by atoms with Crippen LogP contribution in [-0.4, -0.2) is 22.0 Å². The molecule has 1 amide bonds. The molecule has 0 unspecified atom stereocenters. The molecule has 5 nitrogen and oxygen atoms in total. The first-order chi connectivity index (χ1) is 13.4. The number of nitrogens with one attached hydrogen (secondary N) is 1. The molecule has 0 saturated heterocycles. The number of halogens is 2. The maximum atomic E-state index is 12.5. The van der Waals surface area contributed by atoms with Crippen LogP contribution < -0.4 is 5.32 Å². The van der Waals surface area contributed by atoms with Gasteiger partial charge in [-0.3, -0.25) is 10.1 Å². The number of thiophene rings is 1. The minimum absolute atomic E-state index is 0.235. The number of carbonyl (C=O) groups excluding carboxylic acids is 1. The third-order valence-corrected chi connectivity index (χ3v) is 6.53. The number of carboxylic acids is 1. The van der Waals surface area contributed by atoms with Crippen LogP contribution in [0.25, 0.3) is 21.3 Å². The molecule has 0 aliphatic rings. The number of carbonyl (C=O) groups is 2. The van der Waals surface area contributed by atoms with Crippen molar-refractivity contribution in [3.63, 3.8) is 0 Å². The van der Waals surface area contributed by atoms with Gasteiger partial charge in [0.15, 0.2) is 5.13 Å². The van der Waals surface area contributed by atoms with E-state index < -0.39 is 5.97 Å². The quantitative estimate of drug-likeness (QED) is 0.384. The fraction of sp³-hybridized carbons (Fsp3) is 0. The summed E-state index contributed by atoms with van der Waals surface area (Å²) in [5.74, 6) is -1.30. The summed E-state index contributed by atoms with van der Waals surface area (Å²) >= 11 is 14.4.